The minimum atomic E-state index is -3.24. The molecule has 0 aliphatic rings. The summed E-state index contributed by atoms with van der Waals surface area (Å²) in [6, 6.07) is 21.8. The third-order valence-corrected chi connectivity index (χ3v) is 7.56. The predicted molar refractivity (Wildman–Crippen MR) is 131 cm³/mol. The Morgan fingerprint density at radius 1 is 0.938 bits per heavy atom. The van der Waals surface area contributed by atoms with Gasteiger partial charge in [-0.25, -0.2) is 13.4 Å². The Kier molecular flexibility index (Phi) is 6.02. The van der Waals surface area contributed by atoms with Gasteiger partial charge in [0.1, 0.15) is 5.82 Å². The van der Waals surface area contributed by atoms with Crippen molar-refractivity contribution in [3.05, 3.63) is 90.3 Å². The van der Waals surface area contributed by atoms with Crippen LogP contribution in [0.4, 0.5) is 0 Å². The van der Waals surface area contributed by atoms with Crippen molar-refractivity contribution in [1.29, 1.82) is 0 Å². The molecule has 0 amide bonds. The smallest absolute Gasteiger partial charge is 0.178 e. The van der Waals surface area contributed by atoms with Crippen LogP contribution in [0.25, 0.3) is 28.2 Å². The van der Waals surface area contributed by atoms with E-state index in [1.54, 1.807) is 25.1 Å². The van der Waals surface area contributed by atoms with Crippen LogP contribution < -0.4 is 0 Å². The van der Waals surface area contributed by atoms with Crippen LogP contribution >= 0.6 is 0 Å². The van der Waals surface area contributed by atoms with Gasteiger partial charge in [-0.05, 0) is 59.4 Å². The Hall–Kier alpha value is -3.18. The summed E-state index contributed by atoms with van der Waals surface area (Å²) in [7, 11) is -3.24. The number of imidazole rings is 1. The van der Waals surface area contributed by atoms with Gasteiger partial charge in [-0.1, -0.05) is 63.2 Å². The van der Waals surface area contributed by atoms with Gasteiger partial charge in [-0.15, -0.1) is 0 Å². The summed E-state index contributed by atoms with van der Waals surface area (Å²) >= 11 is 0. The molecule has 0 aliphatic carbocycles. The zero-order valence-corrected chi connectivity index (χ0v) is 19.7. The van der Waals surface area contributed by atoms with Crippen LogP contribution in [0.15, 0.2) is 84.0 Å². The van der Waals surface area contributed by atoms with Gasteiger partial charge >= 0.3 is 0 Å². The van der Waals surface area contributed by atoms with Gasteiger partial charge in [0.2, 0.25) is 0 Å². The van der Waals surface area contributed by atoms with Crippen LogP contribution in [-0.4, -0.2) is 23.7 Å². The number of aromatic nitrogens is 2. The molecule has 0 unspecified atom stereocenters. The van der Waals surface area contributed by atoms with Gasteiger partial charge in [0.25, 0.3) is 0 Å². The topological polar surface area (TPSA) is 52.0 Å². The number of hydrogen-bond acceptors (Lipinski definition) is 3. The summed E-state index contributed by atoms with van der Waals surface area (Å²) in [5, 5.41) is 0. The molecule has 0 aliphatic heterocycles. The molecule has 0 N–H and O–H groups in total. The van der Waals surface area contributed by atoms with Crippen molar-refractivity contribution in [1.82, 2.24) is 9.55 Å². The highest BCUT2D eigenvalue weighted by Gasteiger charge is 2.16. The monoisotopic (exact) mass is 444 g/mol. The Bertz CT molecular complexity index is 1370. The van der Waals surface area contributed by atoms with E-state index >= 15 is 0 Å². The summed E-state index contributed by atoms with van der Waals surface area (Å²) in [6.07, 6.45) is 3.82. The molecule has 0 radical (unpaired) electrons. The second-order valence-corrected chi connectivity index (χ2v) is 10.6. The zero-order valence-electron chi connectivity index (χ0n) is 18.9. The Balaban J connectivity index is 1.77. The number of aryl methyl sites for hydroxylation is 1. The molecule has 32 heavy (non-hydrogen) atoms. The van der Waals surface area contributed by atoms with Crippen LogP contribution in [0.3, 0.4) is 0 Å². The van der Waals surface area contributed by atoms with Gasteiger partial charge in [-0.3, -0.25) is 4.57 Å². The Labute approximate surface area is 190 Å². The molecule has 0 saturated carbocycles. The average molecular weight is 445 g/mol. The van der Waals surface area contributed by atoms with Crippen molar-refractivity contribution in [2.24, 2.45) is 0 Å². The molecule has 3 aromatic carbocycles. The van der Waals surface area contributed by atoms with Crippen LogP contribution in [0, 0.1) is 6.92 Å². The molecule has 4 nitrogen and oxygen atoms in total. The second kappa shape index (κ2) is 8.75. The SMILES string of the molecule is CCS(=O)(=O)c1cccc(-c2ccc(-n3ccnc3-c3ccccc3C(C)C)c(C)c2)c1. The maximum absolute atomic E-state index is 12.3. The summed E-state index contributed by atoms with van der Waals surface area (Å²) in [5.41, 5.74) is 6.43. The van der Waals surface area contributed by atoms with E-state index in [9.17, 15) is 8.42 Å². The molecule has 5 heteroatoms. The minimum Gasteiger partial charge on any atom is -0.300 e. The summed E-state index contributed by atoms with van der Waals surface area (Å²) in [5.74, 6) is 1.41. The second-order valence-electron chi connectivity index (χ2n) is 8.30. The first-order valence-electron chi connectivity index (χ1n) is 10.9. The Morgan fingerprint density at radius 3 is 2.41 bits per heavy atom. The predicted octanol–water partition coefficient (Wildman–Crippen LogP) is 6.43. The van der Waals surface area contributed by atoms with Gasteiger partial charge < -0.3 is 0 Å². The molecule has 0 bridgehead atoms. The van der Waals surface area contributed by atoms with E-state index in [0.29, 0.717) is 10.8 Å². The van der Waals surface area contributed by atoms with Crippen molar-refractivity contribution < 1.29 is 8.42 Å². The van der Waals surface area contributed by atoms with Crippen LogP contribution in [0.2, 0.25) is 0 Å². The molecule has 0 fully saturated rings. The maximum atomic E-state index is 12.3. The lowest BCUT2D eigenvalue weighted by Crippen LogP contribution is -2.03. The van der Waals surface area contributed by atoms with E-state index in [4.69, 9.17) is 0 Å². The fraction of sp³-hybridized carbons (Fsp3) is 0.222. The quantitative estimate of drug-likeness (QED) is 0.344. The molecule has 4 rings (SSSR count). The van der Waals surface area contributed by atoms with Crippen molar-refractivity contribution in [2.45, 2.75) is 38.5 Å². The van der Waals surface area contributed by atoms with Crippen molar-refractivity contribution in [3.8, 4) is 28.2 Å². The van der Waals surface area contributed by atoms with E-state index in [2.05, 4.69) is 60.7 Å². The number of nitrogens with zero attached hydrogens (tertiary/aromatic N) is 2. The lowest BCUT2D eigenvalue weighted by molar-refractivity contribution is 0.597. The zero-order chi connectivity index (χ0) is 22.9. The van der Waals surface area contributed by atoms with E-state index in [1.165, 1.54) is 5.56 Å². The molecule has 0 saturated heterocycles. The largest absolute Gasteiger partial charge is 0.300 e. The van der Waals surface area contributed by atoms with Gasteiger partial charge in [0.05, 0.1) is 16.3 Å². The van der Waals surface area contributed by atoms with Crippen LogP contribution in [0.1, 0.15) is 37.8 Å². The fourth-order valence-corrected chi connectivity index (χ4v) is 4.97. The first kappa shape index (κ1) is 22.0. The number of sulfone groups is 1. The van der Waals surface area contributed by atoms with Gasteiger partial charge in [-0.2, -0.15) is 0 Å². The summed E-state index contributed by atoms with van der Waals surface area (Å²) in [4.78, 5) is 5.03. The molecule has 0 atom stereocenters. The highest BCUT2D eigenvalue weighted by molar-refractivity contribution is 7.91. The van der Waals surface area contributed by atoms with Crippen molar-refractivity contribution in [3.63, 3.8) is 0 Å². The van der Waals surface area contributed by atoms with E-state index in [1.807, 2.05) is 30.6 Å². The number of rotatable bonds is 6. The standard InChI is InChI=1S/C27H28N2O2S/c1-5-32(30,31)23-10-8-9-21(18-23)22-13-14-26(20(4)17-22)29-16-15-28-27(29)25-12-7-6-11-24(25)19(2)3/h6-19H,5H2,1-4H3. The molecule has 1 aromatic heterocycles. The summed E-state index contributed by atoms with van der Waals surface area (Å²) < 4.78 is 26.7. The minimum absolute atomic E-state index is 0.0929. The summed E-state index contributed by atoms with van der Waals surface area (Å²) in [6.45, 7) is 8.13. The molecule has 4 aromatic rings. The lowest BCUT2D eigenvalue weighted by Gasteiger charge is -2.16. The van der Waals surface area contributed by atoms with E-state index < -0.39 is 9.84 Å². The number of benzene rings is 3. The molecular weight excluding hydrogens is 416 g/mol. The van der Waals surface area contributed by atoms with Gasteiger partial charge in [0.15, 0.2) is 9.84 Å². The van der Waals surface area contributed by atoms with Crippen molar-refractivity contribution >= 4 is 9.84 Å². The highest BCUT2D eigenvalue weighted by Crippen LogP contribution is 2.32. The van der Waals surface area contributed by atoms with E-state index in [0.717, 1.165) is 33.8 Å². The third kappa shape index (κ3) is 4.13. The van der Waals surface area contributed by atoms with Gasteiger partial charge in [0, 0.05) is 18.0 Å². The highest BCUT2D eigenvalue weighted by atomic mass is 32.2. The van der Waals surface area contributed by atoms with Crippen LogP contribution in [0.5, 0.6) is 0 Å². The molecule has 0 spiro atoms. The van der Waals surface area contributed by atoms with E-state index in [-0.39, 0.29) is 5.75 Å². The third-order valence-electron chi connectivity index (χ3n) is 5.83. The normalized spacial score (nSPS) is 11.8. The molecule has 164 valence electrons. The fourth-order valence-electron chi connectivity index (χ4n) is 4.04. The lowest BCUT2D eigenvalue weighted by atomic mass is 9.96. The molecule has 1 heterocycles. The number of hydrogen-bond donors (Lipinski definition) is 0. The first-order chi connectivity index (χ1) is 15.3. The molecular formula is C27H28N2O2S. The maximum Gasteiger partial charge on any atom is 0.178 e. The first-order valence-corrected chi connectivity index (χ1v) is 12.5. The van der Waals surface area contributed by atoms with Crippen molar-refractivity contribution in [2.75, 3.05) is 5.75 Å². The average Bonchev–Trinajstić information content (AvgIpc) is 3.28. The Morgan fingerprint density at radius 2 is 1.69 bits per heavy atom. The van der Waals surface area contributed by atoms with Crippen LogP contribution in [-0.2, 0) is 9.84 Å².